The quantitative estimate of drug-likeness (QED) is 0.884. The lowest BCUT2D eigenvalue weighted by Crippen LogP contribution is -2.37. The number of sulfonamides is 1. The largest absolute Gasteiger partial charge is 0.323 e. The second-order valence-electron chi connectivity index (χ2n) is 4.96. The van der Waals surface area contributed by atoms with Crippen molar-refractivity contribution in [3.8, 4) is 6.07 Å². The van der Waals surface area contributed by atoms with Crippen molar-refractivity contribution < 1.29 is 13.2 Å². The van der Waals surface area contributed by atoms with Crippen molar-refractivity contribution >= 4 is 38.9 Å². The molecule has 0 atom stereocenters. The first-order chi connectivity index (χ1) is 11.3. The van der Waals surface area contributed by atoms with Gasteiger partial charge < -0.3 is 5.32 Å². The number of nitrogens with one attached hydrogen (secondary N) is 1. The van der Waals surface area contributed by atoms with Gasteiger partial charge in [-0.2, -0.15) is 5.26 Å². The lowest BCUT2D eigenvalue weighted by molar-refractivity contribution is -0.114. The van der Waals surface area contributed by atoms with Gasteiger partial charge in [0.2, 0.25) is 15.9 Å². The van der Waals surface area contributed by atoms with Crippen molar-refractivity contribution in [2.24, 2.45) is 0 Å². The minimum absolute atomic E-state index is 0.286. The minimum atomic E-state index is -3.69. The number of carbonyl (C=O) groups is 1. The Morgan fingerprint density at radius 1 is 1.25 bits per heavy atom. The van der Waals surface area contributed by atoms with Crippen molar-refractivity contribution in [1.29, 1.82) is 5.26 Å². The number of para-hydroxylation sites is 1. The van der Waals surface area contributed by atoms with Gasteiger partial charge in [0.15, 0.2) is 0 Å². The number of carbonyl (C=O) groups excluding carboxylic acids is 1. The number of nitrogens with zero attached hydrogens (tertiary/aromatic N) is 2. The third kappa shape index (κ3) is 4.47. The van der Waals surface area contributed by atoms with Gasteiger partial charge in [-0.25, -0.2) is 8.42 Å². The Labute approximate surface area is 145 Å². The fraction of sp³-hybridized carbons (Fsp3) is 0.125. The van der Waals surface area contributed by atoms with Crippen LogP contribution in [0.1, 0.15) is 5.56 Å². The van der Waals surface area contributed by atoms with E-state index in [1.807, 2.05) is 6.07 Å². The molecule has 24 heavy (non-hydrogen) atoms. The Kier molecular flexibility index (Phi) is 5.44. The van der Waals surface area contributed by atoms with E-state index in [2.05, 4.69) is 5.32 Å². The van der Waals surface area contributed by atoms with Crippen LogP contribution in [-0.4, -0.2) is 27.1 Å². The fourth-order valence-electron chi connectivity index (χ4n) is 2.04. The van der Waals surface area contributed by atoms with Crippen LogP contribution < -0.4 is 9.62 Å². The van der Waals surface area contributed by atoms with Gasteiger partial charge in [0.25, 0.3) is 0 Å². The Morgan fingerprint density at radius 2 is 1.96 bits per heavy atom. The maximum Gasteiger partial charge on any atom is 0.245 e. The summed E-state index contributed by atoms with van der Waals surface area (Å²) in [4.78, 5) is 12.2. The SMILES string of the molecule is CS(=O)(=O)N(CC(=O)Nc1ccccc1C#N)c1cccc(Cl)c1. The lowest BCUT2D eigenvalue weighted by atomic mass is 10.2. The van der Waals surface area contributed by atoms with Crippen molar-refractivity contribution in [3.05, 3.63) is 59.1 Å². The zero-order valence-electron chi connectivity index (χ0n) is 12.7. The van der Waals surface area contributed by atoms with Crippen LogP contribution in [-0.2, 0) is 14.8 Å². The molecular weight excluding hydrogens is 350 g/mol. The summed E-state index contributed by atoms with van der Waals surface area (Å²) in [5, 5.41) is 11.9. The fourth-order valence-corrected chi connectivity index (χ4v) is 3.07. The molecule has 2 rings (SSSR count). The number of hydrogen-bond acceptors (Lipinski definition) is 4. The Balaban J connectivity index is 2.25. The summed E-state index contributed by atoms with van der Waals surface area (Å²) >= 11 is 5.89. The van der Waals surface area contributed by atoms with E-state index >= 15 is 0 Å². The highest BCUT2D eigenvalue weighted by molar-refractivity contribution is 7.92. The molecule has 0 aliphatic rings. The molecule has 2 aromatic rings. The van der Waals surface area contributed by atoms with Gasteiger partial charge >= 0.3 is 0 Å². The summed E-state index contributed by atoms with van der Waals surface area (Å²) in [5.41, 5.74) is 0.901. The van der Waals surface area contributed by atoms with E-state index in [1.165, 1.54) is 6.07 Å². The van der Waals surface area contributed by atoms with Gasteiger partial charge in [-0.1, -0.05) is 29.8 Å². The maximum absolute atomic E-state index is 12.2. The smallest absolute Gasteiger partial charge is 0.245 e. The molecule has 0 unspecified atom stereocenters. The van der Waals surface area contributed by atoms with Crippen LogP contribution in [0.4, 0.5) is 11.4 Å². The van der Waals surface area contributed by atoms with Crippen LogP contribution in [0, 0.1) is 11.3 Å². The number of halogens is 1. The minimum Gasteiger partial charge on any atom is -0.323 e. The topological polar surface area (TPSA) is 90.3 Å². The third-order valence-electron chi connectivity index (χ3n) is 3.11. The molecule has 0 aliphatic heterocycles. The molecule has 124 valence electrons. The highest BCUT2D eigenvalue weighted by Gasteiger charge is 2.21. The van der Waals surface area contributed by atoms with Crippen molar-refractivity contribution in [3.63, 3.8) is 0 Å². The first-order valence-corrected chi connectivity index (χ1v) is 9.06. The van der Waals surface area contributed by atoms with Crippen molar-refractivity contribution in [1.82, 2.24) is 0 Å². The van der Waals surface area contributed by atoms with Crippen molar-refractivity contribution in [2.45, 2.75) is 0 Å². The van der Waals surface area contributed by atoms with Crippen LogP contribution >= 0.6 is 11.6 Å². The Bertz CT molecular complexity index is 907. The van der Waals surface area contributed by atoms with E-state index < -0.39 is 22.5 Å². The first-order valence-electron chi connectivity index (χ1n) is 6.83. The van der Waals surface area contributed by atoms with Crippen LogP contribution in [0.15, 0.2) is 48.5 Å². The normalized spacial score (nSPS) is 10.7. The zero-order valence-corrected chi connectivity index (χ0v) is 14.3. The summed E-state index contributed by atoms with van der Waals surface area (Å²) < 4.78 is 25.0. The number of nitriles is 1. The van der Waals surface area contributed by atoms with E-state index in [9.17, 15) is 13.2 Å². The molecule has 0 bridgehead atoms. The molecule has 0 saturated carbocycles. The summed E-state index contributed by atoms with van der Waals surface area (Å²) in [6.45, 7) is -0.432. The predicted molar refractivity (Wildman–Crippen MR) is 93.4 cm³/mol. The number of hydrogen-bond donors (Lipinski definition) is 1. The van der Waals surface area contributed by atoms with E-state index in [0.29, 0.717) is 16.3 Å². The highest BCUT2D eigenvalue weighted by atomic mass is 35.5. The number of rotatable bonds is 5. The summed E-state index contributed by atoms with van der Waals surface area (Å²) in [6, 6.07) is 14.6. The molecule has 0 radical (unpaired) electrons. The van der Waals surface area contributed by atoms with E-state index in [-0.39, 0.29) is 5.69 Å². The van der Waals surface area contributed by atoms with Gasteiger partial charge in [0.1, 0.15) is 12.6 Å². The van der Waals surface area contributed by atoms with Gasteiger partial charge in [-0.15, -0.1) is 0 Å². The van der Waals surface area contributed by atoms with Crippen LogP contribution in [0.3, 0.4) is 0 Å². The monoisotopic (exact) mass is 363 g/mol. The number of anilines is 2. The standard InChI is InChI=1S/C16H14ClN3O3S/c1-24(22,23)20(14-7-4-6-13(17)9-14)11-16(21)19-15-8-3-2-5-12(15)10-18/h2-9H,11H2,1H3,(H,19,21). The van der Waals surface area contributed by atoms with E-state index in [1.54, 1.807) is 42.5 Å². The average molecular weight is 364 g/mol. The van der Waals surface area contributed by atoms with Crippen LogP contribution in [0.2, 0.25) is 5.02 Å². The van der Waals surface area contributed by atoms with Crippen LogP contribution in [0.25, 0.3) is 0 Å². The van der Waals surface area contributed by atoms with E-state index in [4.69, 9.17) is 16.9 Å². The molecule has 0 heterocycles. The molecule has 0 aromatic heterocycles. The molecule has 0 saturated heterocycles. The molecular formula is C16H14ClN3O3S. The molecule has 0 spiro atoms. The number of amides is 1. The van der Waals surface area contributed by atoms with Crippen molar-refractivity contribution in [2.75, 3.05) is 22.4 Å². The Morgan fingerprint density at radius 3 is 2.58 bits per heavy atom. The van der Waals surface area contributed by atoms with Gasteiger partial charge in [-0.3, -0.25) is 9.10 Å². The van der Waals surface area contributed by atoms with Gasteiger partial charge in [0, 0.05) is 5.02 Å². The second kappa shape index (κ2) is 7.34. The van der Waals surface area contributed by atoms with E-state index in [0.717, 1.165) is 10.6 Å². The van der Waals surface area contributed by atoms with Gasteiger partial charge in [0.05, 0.1) is 23.2 Å². The van der Waals surface area contributed by atoms with Gasteiger partial charge in [-0.05, 0) is 30.3 Å². The molecule has 2 aromatic carbocycles. The summed E-state index contributed by atoms with van der Waals surface area (Å²) in [5.74, 6) is -0.567. The number of benzene rings is 2. The molecule has 0 aliphatic carbocycles. The predicted octanol–water partition coefficient (Wildman–Crippen LogP) is 2.62. The Hall–Kier alpha value is -2.56. The maximum atomic E-state index is 12.2. The first kappa shape index (κ1) is 17.8. The lowest BCUT2D eigenvalue weighted by Gasteiger charge is -2.22. The second-order valence-corrected chi connectivity index (χ2v) is 7.30. The zero-order chi connectivity index (χ0) is 17.7. The summed E-state index contributed by atoms with van der Waals surface area (Å²) in [6.07, 6.45) is 1.00. The molecule has 1 amide bonds. The average Bonchev–Trinajstić information content (AvgIpc) is 2.52. The third-order valence-corrected chi connectivity index (χ3v) is 4.48. The molecule has 8 heteroatoms. The molecule has 0 fully saturated rings. The summed E-state index contributed by atoms with van der Waals surface area (Å²) in [7, 11) is -3.69. The molecule has 6 nitrogen and oxygen atoms in total. The van der Waals surface area contributed by atoms with Crippen LogP contribution in [0.5, 0.6) is 0 Å². The highest BCUT2D eigenvalue weighted by Crippen LogP contribution is 2.22. The molecule has 1 N–H and O–H groups in total.